The van der Waals surface area contributed by atoms with Crippen LogP contribution in [0, 0.1) is 0 Å². The zero-order chi connectivity index (χ0) is 11.1. The van der Waals surface area contributed by atoms with Gasteiger partial charge in [-0.05, 0) is 0 Å². The molecule has 0 aliphatic heterocycles. The van der Waals surface area contributed by atoms with Gasteiger partial charge in [-0.2, -0.15) is 36.4 Å². The topological polar surface area (TPSA) is 88.1 Å². The summed E-state index contributed by atoms with van der Waals surface area (Å²) < 4.78 is 0. The molecule has 2 rings (SSSR count). The fourth-order valence-corrected chi connectivity index (χ4v) is 0.642. The molecule has 4 nitrogen and oxygen atoms in total. The van der Waals surface area contributed by atoms with E-state index in [0.717, 1.165) is 0 Å². The summed E-state index contributed by atoms with van der Waals surface area (Å²) in [6.45, 7) is 0. The van der Waals surface area contributed by atoms with E-state index in [2.05, 4.69) is 0 Å². The number of nitrogens with one attached hydrogen (secondary N) is 2. The van der Waals surface area contributed by atoms with Crippen molar-refractivity contribution in [1.29, 1.82) is 0 Å². The third kappa shape index (κ3) is 23.4. The maximum Gasteiger partial charge on any atom is 0 e. The van der Waals surface area contributed by atoms with E-state index in [1.165, 1.54) is 0 Å². The molecular formula is C10H14Co2N2O2-4. The maximum absolute atomic E-state index is 6.25. The molecule has 0 saturated carbocycles. The first kappa shape index (κ1) is 24.7. The maximum atomic E-state index is 6.25. The summed E-state index contributed by atoms with van der Waals surface area (Å²) in [5.41, 5.74) is 0. The molecule has 2 aromatic rings. The van der Waals surface area contributed by atoms with Gasteiger partial charge in [0, 0.05) is 33.6 Å². The normalized spacial score (nSPS) is 5.75. The molecule has 0 aliphatic rings. The molecule has 4 N–H and O–H groups in total. The Morgan fingerprint density at radius 1 is 0.562 bits per heavy atom. The van der Waals surface area contributed by atoms with Gasteiger partial charge >= 0.3 is 0 Å². The summed E-state index contributed by atoms with van der Waals surface area (Å²) in [6.07, 6.45) is 0. The van der Waals surface area contributed by atoms with E-state index >= 15 is 0 Å². The summed E-state index contributed by atoms with van der Waals surface area (Å²) in [5, 5.41) is 12.5. The monoisotopic (exact) mass is 312 g/mol. The Labute approximate surface area is 116 Å². The Bertz CT molecular complexity index is 164. The zero-order valence-electron chi connectivity index (χ0n) is 8.33. The van der Waals surface area contributed by atoms with Crippen LogP contribution in [-0.4, -0.2) is 10.4 Å². The summed E-state index contributed by atoms with van der Waals surface area (Å²) in [7, 11) is 0. The Hall–Kier alpha value is -0.447. The first-order chi connectivity index (χ1) is 7.00. The van der Waals surface area contributed by atoms with Crippen LogP contribution in [0.4, 0.5) is 0 Å². The average Bonchev–Trinajstić information content (AvgIpc) is 3.01. The molecule has 2 aromatic carbocycles. The van der Waals surface area contributed by atoms with E-state index in [0.29, 0.717) is 0 Å². The van der Waals surface area contributed by atoms with E-state index in [4.69, 9.17) is 22.2 Å². The number of rotatable bonds is 0. The van der Waals surface area contributed by atoms with Crippen LogP contribution in [-0.2, 0) is 33.6 Å². The van der Waals surface area contributed by atoms with E-state index in [1.54, 1.807) is 0 Å². The first-order valence-electron chi connectivity index (χ1n) is 3.78. The molecule has 16 heavy (non-hydrogen) atoms. The molecule has 0 aromatic heterocycles. The molecule has 0 saturated heterocycles. The molecule has 0 bridgehead atoms. The summed E-state index contributed by atoms with van der Waals surface area (Å²) in [6, 6.07) is 20.0. The van der Waals surface area contributed by atoms with Gasteiger partial charge in [0.15, 0.2) is 0 Å². The second kappa shape index (κ2) is 29.3. The van der Waals surface area contributed by atoms with Crippen molar-refractivity contribution in [2.45, 2.75) is 0 Å². The molecule has 0 aliphatic carbocycles. The number of hydrogen-bond donors (Lipinski definition) is 2. The molecule has 0 atom stereocenters. The minimum Gasteiger partial charge on any atom is -0.553 e. The van der Waals surface area contributed by atoms with Crippen LogP contribution in [0.15, 0.2) is 60.7 Å². The molecule has 98 valence electrons. The van der Waals surface area contributed by atoms with Gasteiger partial charge in [-0.1, -0.05) is 0 Å². The van der Waals surface area contributed by atoms with Crippen molar-refractivity contribution in [3.63, 3.8) is 0 Å². The Kier molecular flexibility index (Phi) is 45.2. The van der Waals surface area contributed by atoms with Crippen LogP contribution in [0.3, 0.4) is 0 Å². The van der Waals surface area contributed by atoms with Crippen molar-refractivity contribution in [2.24, 2.45) is 0 Å². The Morgan fingerprint density at radius 2 is 0.750 bits per heavy atom. The third-order valence-electron chi connectivity index (χ3n) is 1.11. The molecule has 0 unspecified atom stereocenters. The number of hydrogen-bond acceptors (Lipinski definition) is 2. The van der Waals surface area contributed by atoms with Crippen molar-refractivity contribution in [3.05, 3.63) is 72.5 Å². The van der Waals surface area contributed by atoms with Crippen LogP contribution < -0.4 is 0 Å². The molecule has 0 spiro atoms. The van der Waals surface area contributed by atoms with E-state index in [-0.39, 0.29) is 33.6 Å². The largest absolute Gasteiger partial charge is 0.553 e. The van der Waals surface area contributed by atoms with Crippen molar-refractivity contribution in [3.8, 4) is 0 Å². The van der Waals surface area contributed by atoms with E-state index in [9.17, 15) is 0 Å². The van der Waals surface area contributed by atoms with Crippen molar-refractivity contribution >= 4 is 0 Å². The molecular weight excluding hydrogens is 298 g/mol. The van der Waals surface area contributed by atoms with Gasteiger partial charge in [0.05, 0.1) is 0 Å². The second-order valence-corrected chi connectivity index (χ2v) is 1.92. The minimum absolute atomic E-state index is 0. The van der Waals surface area contributed by atoms with Crippen molar-refractivity contribution in [1.82, 2.24) is 0 Å². The predicted octanol–water partition coefficient (Wildman–Crippen LogP) is 3.66. The average molecular weight is 312 g/mol. The van der Waals surface area contributed by atoms with Crippen LogP contribution in [0.5, 0.6) is 0 Å². The molecule has 0 amide bonds. The smallest absolute Gasteiger partial charge is 0 e. The second-order valence-electron chi connectivity index (χ2n) is 1.92. The minimum atomic E-state index is 0. The zero-order valence-corrected chi connectivity index (χ0v) is 10.4. The molecule has 0 fully saturated rings. The Balaban J connectivity index is -0.0000000631. The molecule has 2 radical (unpaired) electrons. The van der Waals surface area contributed by atoms with Crippen molar-refractivity contribution in [2.75, 3.05) is 0 Å². The summed E-state index contributed by atoms with van der Waals surface area (Å²) >= 11 is 0. The van der Waals surface area contributed by atoms with Gasteiger partial charge in [-0.15, -0.1) is 0 Å². The van der Waals surface area contributed by atoms with E-state index in [1.807, 2.05) is 60.7 Å². The third-order valence-corrected chi connectivity index (χ3v) is 1.11. The van der Waals surface area contributed by atoms with Gasteiger partial charge in [-0.25, -0.2) is 24.3 Å². The van der Waals surface area contributed by atoms with Gasteiger partial charge < -0.3 is 22.2 Å². The van der Waals surface area contributed by atoms with Gasteiger partial charge in [0.1, 0.15) is 0 Å². The summed E-state index contributed by atoms with van der Waals surface area (Å²) in [5.74, 6) is 9.50. The van der Waals surface area contributed by atoms with Crippen LogP contribution in [0.25, 0.3) is 11.8 Å². The van der Waals surface area contributed by atoms with Crippen LogP contribution in [0.1, 0.15) is 0 Å². The van der Waals surface area contributed by atoms with Crippen molar-refractivity contribution < 1.29 is 44.0 Å². The fraction of sp³-hybridized carbons (Fsp3) is 0. The van der Waals surface area contributed by atoms with Gasteiger partial charge in [0.25, 0.3) is 0 Å². The van der Waals surface area contributed by atoms with Crippen LogP contribution in [0.2, 0.25) is 0 Å². The van der Waals surface area contributed by atoms with Gasteiger partial charge in [0.2, 0.25) is 0 Å². The quantitative estimate of drug-likeness (QED) is 0.574. The van der Waals surface area contributed by atoms with Gasteiger partial charge in [-0.3, -0.25) is 0 Å². The van der Waals surface area contributed by atoms with E-state index < -0.39 is 0 Å². The first-order valence-corrected chi connectivity index (χ1v) is 3.78. The molecule has 6 heteroatoms. The fourth-order valence-electron chi connectivity index (χ4n) is 0.642. The Morgan fingerprint density at radius 3 is 0.812 bits per heavy atom. The predicted molar refractivity (Wildman–Crippen MR) is 56.3 cm³/mol. The SMILES string of the molecule is [Co].[Co].[NH-]O.[NH-]O.c1cc[cH-]c1.c1cc[cH-]c1. The molecule has 0 heterocycles. The summed E-state index contributed by atoms with van der Waals surface area (Å²) in [4.78, 5) is 0. The van der Waals surface area contributed by atoms with Crippen LogP contribution >= 0.6 is 0 Å². The standard InChI is InChI=1S/2C5H5.2Co.2H2NO/c2*1-2-4-5-3-1;;;2*1-2/h2*1-5H;;;2*1-2H/q2*-1;;;2*-1.